The van der Waals surface area contributed by atoms with E-state index in [1.807, 2.05) is 19.0 Å². The normalized spacial score (nSPS) is 21.2. The van der Waals surface area contributed by atoms with E-state index in [4.69, 9.17) is 0 Å². The molecule has 2 aromatic carbocycles. The Kier molecular flexibility index (Phi) is 8.98. The number of hydrogen-bond donors (Lipinski definition) is 1. The smallest absolute Gasteiger partial charge is 0.319 e. The highest BCUT2D eigenvalue weighted by Crippen LogP contribution is 2.33. The molecule has 2 heterocycles. The Labute approximate surface area is 192 Å². The van der Waals surface area contributed by atoms with Crippen LogP contribution in [0.2, 0.25) is 0 Å². The van der Waals surface area contributed by atoms with Crippen molar-refractivity contribution >= 4 is 30.8 Å². The van der Waals surface area contributed by atoms with Gasteiger partial charge in [0.2, 0.25) is 0 Å². The first-order valence-corrected chi connectivity index (χ1v) is 10.2. The van der Waals surface area contributed by atoms with Crippen LogP contribution in [0.15, 0.2) is 60.7 Å². The average molecular weight is 451 g/mol. The first kappa shape index (κ1) is 24.5. The van der Waals surface area contributed by atoms with Gasteiger partial charge in [-0.1, -0.05) is 60.7 Å². The van der Waals surface area contributed by atoms with Crippen LogP contribution in [0.25, 0.3) is 0 Å². The highest BCUT2D eigenvalue weighted by atomic mass is 35.5. The molecular formula is C23H32Cl2N4O. The van der Waals surface area contributed by atoms with Crippen LogP contribution in [-0.4, -0.2) is 79.6 Å². The van der Waals surface area contributed by atoms with E-state index >= 15 is 0 Å². The number of nitrogens with one attached hydrogen (secondary N) is 1. The van der Waals surface area contributed by atoms with Gasteiger partial charge >= 0.3 is 6.03 Å². The molecule has 0 bridgehead atoms. The van der Waals surface area contributed by atoms with Crippen molar-refractivity contribution in [2.24, 2.45) is 0 Å². The fourth-order valence-corrected chi connectivity index (χ4v) is 4.73. The molecule has 2 aromatic rings. The topological polar surface area (TPSA) is 38.8 Å². The molecule has 0 unspecified atom stereocenters. The summed E-state index contributed by atoms with van der Waals surface area (Å²) < 4.78 is 0. The summed E-state index contributed by atoms with van der Waals surface area (Å²) in [6.07, 6.45) is 0. The van der Waals surface area contributed by atoms with Crippen LogP contribution >= 0.6 is 24.8 Å². The molecule has 0 aromatic heterocycles. The Morgan fingerprint density at radius 3 is 2.03 bits per heavy atom. The highest BCUT2D eigenvalue weighted by Gasteiger charge is 2.40. The molecule has 30 heavy (non-hydrogen) atoms. The lowest BCUT2D eigenvalue weighted by atomic mass is 9.82. The van der Waals surface area contributed by atoms with E-state index in [0.29, 0.717) is 18.0 Å². The molecule has 1 N–H and O–H groups in total. The highest BCUT2D eigenvalue weighted by molar-refractivity contribution is 5.85. The van der Waals surface area contributed by atoms with Crippen molar-refractivity contribution in [3.8, 4) is 0 Å². The second-order valence-electron chi connectivity index (χ2n) is 8.04. The number of hydrogen-bond acceptors (Lipinski definition) is 3. The number of rotatable bonds is 3. The lowest BCUT2D eigenvalue weighted by Crippen LogP contribution is -2.67. The summed E-state index contributed by atoms with van der Waals surface area (Å²) in [5.74, 6) is 0.314. The molecule has 0 saturated carbocycles. The van der Waals surface area contributed by atoms with Crippen molar-refractivity contribution in [2.45, 2.75) is 18.0 Å². The SMILES string of the molecule is CN(C)C(=O)N1CCN2[C@H](CNC[C@H]2C(c2ccccc2)c2ccccc2)C1.Cl.Cl. The maximum absolute atomic E-state index is 12.4. The Balaban J connectivity index is 0.00000160. The van der Waals surface area contributed by atoms with Gasteiger partial charge in [-0.3, -0.25) is 4.90 Å². The largest absolute Gasteiger partial charge is 0.331 e. The molecule has 0 spiro atoms. The summed E-state index contributed by atoms with van der Waals surface area (Å²) in [6, 6.07) is 22.5. The number of halogens is 2. The van der Waals surface area contributed by atoms with E-state index in [9.17, 15) is 4.79 Å². The van der Waals surface area contributed by atoms with Gasteiger partial charge in [0.25, 0.3) is 0 Å². The van der Waals surface area contributed by atoms with Gasteiger partial charge in [0.15, 0.2) is 0 Å². The van der Waals surface area contributed by atoms with Gasteiger partial charge in [0.1, 0.15) is 0 Å². The Hall–Kier alpha value is -1.79. The number of amides is 2. The van der Waals surface area contributed by atoms with E-state index in [2.05, 4.69) is 70.9 Å². The van der Waals surface area contributed by atoms with Gasteiger partial charge < -0.3 is 15.1 Å². The Morgan fingerprint density at radius 1 is 0.933 bits per heavy atom. The molecule has 0 radical (unpaired) electrons. The first-order chi connectivity index (χ1) is 13.6. The zero-order valence-corrected chi connectivity index (χ0v) is 19.2. The molecule has 0 aliphatic carbocycles. The van der Waals surface area contributed by atoms with E-state index in [1.54, 1.807) is 4.90 Å². The molecule has 164 valence electrons. The van der Waals surface area contributed by atoms with Crippen molar-refractivity contribution in [1.82, 2.24) is 20.0 Å². The van der Waals surface area contributed by atoms with E-state index in [1.165, 1.54) is 11.1 Å². The van der Waals surface area contributed by atoms with E-state index < -0.39 is 0 Å². The molecule has 2 aliphatic heterocycles. The number of carbonyl (C=O) groups is 1. The minimum Gasteiger partial charge on any atom is -0.331 e. The monoisotopic (exact) mass is 450 g/mol. The van der Waals surface area contributed by atoms with Crippen molar-refractivity contribution < 1.29 is 4.79 Å². The molecule has 7 heteroatoms. The second-order valence-corrected chi connectivity index (χ2v) is 8.04. The predicted molar refractivity (Wildman–Crippen MR) is 127 cm³/mol. The molecule has 2 fully saturated rings. The maximum atomic E-state index is 12.4. The van der Waals surface area contributed by atoms with Crippen LogP contribution in [0, 0.1) is 0 Å². The van der Waals surface area contributed by atoms with Gasteiger partial charge in [0, 0.05) is 64.8 Å². The van der Waals surface area contributed by atoms with Gasteiger partial charge in [0.05, 0.1) is 0 Å². The lowest BCUT2D eigenvalue weighted by Gasteiger charge is -2.51. The molecular weight excluding hydrogens is 419 g/mol. The third-order valence-corrected chi connectivity index (χ3v) is 6.04. The third-order valence-electron chi connectivity index (χ3n) is 6.04. The summed E-state index contributed by atoms with van der Waals surface area (Å²) in [5, 5.41) is 3.65. The molecule has 2 aliphatic rings. The average Bonchev–Trinajstić information content (AvgIpc) is 2.74. The van der Waals surface area contributed by atoms with E-state index in [0.717, 1.165) is 32.7 Å². The molecule has 5 nitrogen and oxygen atoms in total. The van der Waals surface area contributed by atoms with Crippen LogP contribution in [0.4, 0.5) is 4.79 Å². The standard InChI is InChI=1S/C23H30N4O.2ClH/c1-25(2)23(28)26-13-14-27-20(17-26)15-24-16-21(27)22(18-9-5-3-6-10-18)19-11-7-4-8-12-19;;/h3-12,20-22,24H,13-17H2,1-2H3;2*1H/t20-,21+;;/m1../s1. The number of fused-ring (bicyclic) bond motifs is 1. The predicted octanol–water partition coefficient (Wildman–Crippen LogP) is 3.30. The summed E-state index contributed by atoms with van der Waals surface area (Å²) in [6.45, 7) is 4.40. The number of urea groups is 1. The molecule has 2 atom stereocenters. The first-order valence-electron chi connectivity index (χ1n) is 10.2. The van der Waals surface area contributed by atoms with Gasteiger partial charge in [-0.15, -0.1) is 24.8 Å². The minimum absolute atomic E-state index is 0. The number of carbonyl (C=O) groups excluding carboxylic acids is 1. The van der Waals surface area contributed by atoms with Gasteiger partial charge in [-0.05, 0) is 11.1 Å². The molecule has 2 saturated heterocycles. The fraction of sp³-hybridized carbons (Fsp3) is 0.435. The van der Waals surface area contributed by atoms with Crippen molar-refractivity contribution in [1.29, 1.82) is 0 Å². The van der Waals surface area contributed by atoms with Gasteiger partial charge in [-0.25, -0.2) is 4.79 Å². The van der Waals surface area contributed by atoms with Crippen molar-refractivity contribution in [3.63, 3.8) is 0 Å². The number of benzene rings is 2. The molecule has 2 amide bonds. The van der Waals surface area contributed by atoms with Crippen LogP contribution in [0.1, 0.15) is 17.0 Å². The van der Waals surface area contributed by atoms with Crippen molar-refractivity contribution in [2.75, 3.05) is 46.8 Å². The summed E-state index contributed by atoms with van der Waals surface area (Å²) in [7, 11) is 3.66. The summed E-state index contributed by atoms with van der Waals surface area (Å²) in [4.78, 5) is 18.8. The van der Waals surface area contributed by atoms with Gasteiger partial charge in [-0.2, -0.15) is 0 Å². The fourth-order valence-electron chi connectivity index (χ4n) is 4.73. The Morgan fingerprint density at radius 2 is 1.50 bits per heavy atom. The zero-order chi connectivity index (χ0) is 19.5. The van der Waals surface area contributed by atoms with Crippen molar-refractivity contribution in [3.05, 3.63) is 71.8 Å². The van der Waals surface area contributed by atoms with Crippen LogP contribution in [0.5, 0.6) is 0 Å². The maximum Gasteiger partial charge on any atom is 0.319 e. The zero-order valence-electron chi connectivity index (χ0n) is 17.6. The summed E-state index contributed by atoms with van der Waals surface area (Å²) in [5.41, 5.74) is 2.71. The minimum atomic E-state index is 0. The van der Waals surface area contributed by atoms with Crippen LogP contribution in [0.3, 0.4) is 0 Å². The Bertz CT molecular complexity index is 751. The summed E-state index contributed by atoms with van der Waals surface area (Å²) >= 11 is 0. The number of nitrogens with zero attached hydrogens (tertiary/aromatic N) is 3. The quantitative estimate of drug-likeness (QED) is 0.779. The second kappa shape index (κ2) is 11.0. The third kappa shape index (κ3) is 5.09. The van der Waals surface area contributed by atoms with Crippen LogP contribution in [-0.2, 0) is 0 Å². The lowest BCUT2D eigenvalue weighted by molar-refractivity contribution is 0.0231. The van der Waals surface area contributed by atoms with Crippen LogP contribution < -0.4 is 5.32 Å². The molecule has 4 rings (SSSR count). The van der Waals surface area contributed by atoms with E-state index in [-0.39, 0.29) is 30.8 Å². The number of piperazine rings is 2.